The van der Waals surface area contributed by atoms with Crippen molar-refractivity contribution in [3.8, 4) is 0 Å². The third-order valence-electron chi connectivity index (χ3n) is 2.94. The predicted molar refractivity (Wildman–Crippen MR) is 90.1 cm³/mol. The Hall–Kier alpha value is -0.530. The molecule has 5 nitrogen and oxygen atoms in total. The smallest absolute Gasteiger partial charge is 0.243 e. The van der Waals surface area contributed by atoms with E-state index in [9.17, 15) is 4.79 Å². The minimum atomic E-state index is 0. The van der Waals surface area contributed by atoms with Gasteiger partial charge in [-0.25, -0.2) is 4.99 Å². The third kappa shape index (κ3) is 6.98. The number of carbonyl (C=O) groups is 1. The van der Waals surface area contributed by atoms with Crippen molar-refractivity contribution < 1.29 is 4.79 Å². The van der Waals surface area contributed by atoms with Crippen LogP contribution in [0.25, 0.3) is 0 Å². The lowest BCUT2D eigenvalue weighted by atomic mass is 10.2. The lowest BCUT2D eigenvalue weighted by Gasteiger charge is -2.22. The van der Waals surface area contributed by atoms with Gasteiger partial charge in [0.2, 0.25) is 5.91 Å². The van der Waals surface area contributed by atoms with Crippen LogP contribution in [0.5, 0.6) is 0 Å². The standard InChI is InChI=1S/C13H26N4O.HI/c1-11(2)9-14-13(17-7-5-6-8-17)15-10-12(18)16(3)4;/h11H,5-10H2,1-4H3,(H,14,15);1H. The summed E-state index contributed by atoms with van der Waals surface area (Å²) in [7, 11) is 3.52. The second-order valence-corrected chi connectivity index (χ2v) is 5.40. The van der Waals surface area contributed by atoms with E-state index in [1.807, 2.05) is 0 Å². The number of likely N-dealkylation sites (N-methyl/N-ethyl adjacent to an activating group) is 1. The first-order valence-corrected chi connectivity index (χ1v) is 6.74. The number of nitrogens with zero attached hydrogens (tertiary/aromatic N) is 3. The zero-order valence-electron chi connectivity index (χ0n) is 12.5. The first kappa shape index (κ1) is 18.5. The maximum absolute atomic E-state index is 11.6. The van der Waals surface area contributed by atoms with Gasteiger partial charge in [0.05, 0.1) is 0 Å². The molecule has 112 valence electrons. The van der Waals surface area contributed by atoms with Crippen molar-refractivity contribution >= 4 is 35.8 Å². The number of amides is 1. The lowest BCUT2D eigenvalue weighted by molar-refractivity contribution is -0.127. The van der Waals surface area contributed by atoms with Gasteiger partial charge in [0.15, 0.2) is 5.96 Å². The van der Waals surface area contributed by atoms with Crippen LogP contribution in [-0.4, -0.2) is 61.9 Å². The molecule has 19 heavy (non-hydrogen) atoms. The molecular weight excluding hydrogens is 355 g/mol. The summed E-state index contributed by atoms with van der Waals surface area (Å²) in [6.07, 6.45) is 2.42. The van der Waals surface area contributed by atoms with Crippen molar-refractivity contribution in [2.45, 2.75) is 26.7 Å². The molecule has 0 saturated carbocycles. The molecular formula is C13H27IN4O. The first-order chi connectivity index (χ1) is 8.50. The molecule has 0 aromatic heterocycles. The molecule has 1 rings (SSSR count). The van der Waals surface area contributed by atoms with Crippen LogP contribution in [0.1, 0.15) is 26.7 Å². The van der Waals surface area contributed by atoms with E-state index in [1.54, 1.807) is 19.0 Å². The first-order valence-electron chi connectivity index (χ1n) is 6.74. The zero-order valence-corrected chi connectivity index (χ0v) is 14.8. The molecule has 0 aromatic carbocycles. The number of guanidine groups is 1. The third-order valence-corrected chi connectivity index (χ3v) is 2.94. The van der Waals surface area contributed by atoms with Crippen molar-refractivity contribution in [2.75, 3.05) is 40.3 Å². The highest BCUT2D eigenvalue weighted by Gasteiger charge is 2.16. The molecule has 0 unspecified atom stereocenters. The van der Waals surface area contributed by atoms with Crippen LogP contribution in [0, 0.1) is 5.92 Å². The Morgan fingerprint density at radius 2 is 1.89 bits per heavy atom. The number of aliphatic imine (C=N–C) groups is 1. The summed E-state index contributed by atoms with van der Waals surface area (Å²) in [5.74, 6) is 1.50. The van der Waals surface area contributed by atoms with Crippen LogP contribution < -0.4 is 5.32 Å². The molecule has 1 amide bonds. The normalized spacial score (nSPS) is 15.4. The minimum Gasteiger partial charge on any atom is -0.356 e. The summed E-state index contributed by atoms with van der Waals surface area (Å²) >= 11 is 0. The van der Waals surface area contributed by atoms with Gasteiger partial charge in [-0.1, -0.05) is 13.8 Å². The Morgan fingerprint density at radius 1 is 1.32 bits per heavy atom. The van der Waals surface area contributed by atoms with E-state index < -0.39 is 0 Å². The molecule has 0 atom stereocenters. The molecule has 1 aliphatic rings. The van der Waals surface area contributed by atoms with Gasteiger partial charge in [0, 0.05) is 33.7 Å². The Bertz CT molecular complexity index is 299. The van der Waals surface area contributed by atoms with Crippen molar-refractivity contribution in [3.05, 3.63) is 0 Å². The van der Waals surface area contributed by atoms with E-state index in [4.69, 9.17) is 0 Å². The summed E-state index contributed by atoms with van der Waals surface area (Å²) < 4.78 is 0. The quantitative estimate of drug-likeness (QED) is 0.454. The minimum absolute atomic E-state index is 0. The number of rotatable bonds is 4. The average molecular weight is 382 g/mol. The Balaban J connectivity index is 0.00000324. The number of likely N-dealkylation sites (tertiary alicyclic amines) is 1. The summed E-state index contributed by atoms with van der Waals surface area (Å²) in [6.45, 7) is 7.54. The van der Waals surface area contributed by atoms with Crippen LogP contribution in [-0.2, 0) is 4.79 Å². The fraction of sp³-hybridized carbons (Fsp3) is 0.846. The zero-order chi connectivity index (χ0) is 13.5. The second kappa shape index (κ2) is 9.39. The van der Waals surface area contributed by atoms with E-state index in [0.717, 1.165) is 25.6 Å². The Morgan fingerprint density at radius 3 is 2.37 bits per heavy atom. The Kier molecular flexibility index (Phi) is 9.12. The molecule has 1 aliphatic heterocycles. The SMILES string of the molecule is CC(C)CNC(=NCC(=O)N(C)C)N1CCCC1.I. The van der Waals surface area contributed by atoms with Crippen molar-refractivity contribution in [1.29, 1.82) is 0 Å². The molecule has 0 radical (unpaired) electrons. The highest BCUT2D eigenvalue weighted by molar-refractivity contribution is 14.0. The fourth-order valence-corrected chi connectivity index (χ4v) is 1.78. The molecule has 0 aliphatic carbocycles. The molecule has 1 N–H and O–H groups in total. The summed E-state index contributed by atoms with van der Waals surface area (Å²) in [4.78, 5) is 19.8. The van der Waals surface area contributed by atoms with Crippen molar-refractivity contribution in [1.82, 2.24) is 15.1 Å². The van der Waals surface area contributed by atoms with Gasteiger partial charge in [-0.3, -0.25) is 4.79 Å². The van der Waals surface area contributed by atoms with Crippen LogP contribution in [0.3, 0.4) is 0 Å². The number of halogens is 1. The van der Waals surface area contributed by atoms with E-state index in [1.165, 1.54) is 12.8 Å². The summed E-state index contributed by atoms with van der Waals surface area (Å²) in [6, 6.07) is 0. The molecule has 1 heterocycles. The van der Waals surface area contributed by atoms with Crippen LogP contribution >= 0.6 is 24.0 Å². The number of carbonyl (C=O) groups excluding carboxylic acids is 1. The molecule has 6 heteroatoms. The predicted octanol–water partition coefficient (Wildman–Crippen LogP) is 1.39. The van der Waals surface area contributed by atoms with E-state index in [2.05, 4.69) is 29.1 Å². The van der Waals surface area contributed by atoms with E-state index >= 15 is 0 Å². The maximum atomic E-state index is 11.6. The number of hydrogen-bond donors (Lipinski definition) is 1. The van der Waals surface area contributed by atoms with Gasteiger partial charge in [0.1, 0.15) is 6.54 Å². The van der Waals surface area contributed by atoms with Crippen molar-refractivity contribution in [2.24, 2.45) is 10.9 Å². The van der Waals surface area contributed by atoms with Gasteiger partial charge in [-0.15, -0.1) is 24.0 Å². The van der Waals surface area contributed by atoms with Gasteiger partial charge in [-0.2, -0.15) is 0 Å². The highest BCUT2D eigenvalue weighted by atomic mass is 127. The van der Waals surface area contributed by atoms with Crippen LogP contribution in [0.15, 0.2) is 4.99 Å². The average Bonchev–Trinajstić information content (AvgIpc) is 2.81. The van der Waals surface area contributed by atoms with Gasteiger partial charge in [0.25, 0.3) is 0 Å². The molecule has 1 saturated heterocycles. The summed E-state index contributed by atoms with van der Waals surface area (Å²) in [5.41, 5.74) is 0. The number of nitrogens with one attached hydrogen (secondary N) is 1. The van der Waals surface area contributed by atoms with E-state index in [-0.39, 0.29) is 36.4 Å². The number of hydrogen-bond acceptors (Lipinski definition) is 2. The molecule has 0 bridgehead atoms. The second-order valence-electron chi connectivity index (χ2n) is 5.40. The fourth-order valence-electron chi connectivity index (χ4n) is 1.78. The molecule has 0 aromatic rings. The van der Waals surface area contributed by atoms with Gasteiger partial charge >= 0.3 is 0 Å². The maximum Gasteiger partial charge on any atom is 0.243 e. The van der Waals surface area contributed by atoms with Gasteiger partial charge < -0.3 is 15.1 Å². The van der Waals surface area contributed by atoms with E-state index in [0.29, 0.717) is 5.92 Å². The summed E-state index contributed by atoms with van der Waals surface area (Å²) in [5, 5.41) is 3.36. The topological polar surface area (TPSA) is 47.9 Å². The monoisotopic (exact) mass is 382 g/mol. The van der Waals surface area contributed by atoms with Gasteiger partial charge in [-0.05, 0) is 18.8 Å². The van der Waals surface area contributed by atoms with Crippen LogP contribution in [0.2, 0.25) is 0 Å². The molecule has 0 spiro atoms. The Labute approximate surface area is 133 Å². The largest absolute Gasteiger partial charge is 0.356 e. The highest BCUT2D eigenvalue weighted by Crippen LogP contribution is 2.07. The van der Waals surface area contributed by atoms with Crippen LogP contribution in [0.4, 0.5) is 0 Å². The molecule has 1 fully saturated rings. The lowest BCUT2D eigenvalue weighted by Crippen LogP contribution is -2.42. The van der Waals surface area contributed by atoms with Crippen molar-refractivity contribution in [3.63, 3.8) is 0 Å².